The van der Waals surface area contributed by atoms with E-state index in [0.717, 1.165) is 22.2 Å². The molecule has 25 heavy (non-hydrogen) atoms. The molecule has 0 saturated heterocycles. The van der Waals surface area contributed by atoms with Gasteiger partial charge in [0.15, 0.2) is 12.4 Å². The molecular formula is C18H19N3O4. The van der Waals surface area contributed by atoms with Gasteiger partial charge in [-0.15, -0.1) is 0 Å². The third-order valence-electron chi connectivity index (χ3n) is 3.88. The summed E-state index contributed by atoms with van der Waals surface area (Å²) in [7, 11) is 1.60. The maximum Gasteiger partial charge on any atom is 0.263 e. The lowest BCUT2D eigenvalue weighted by atomic mass is 10.1. The fourth-order valence-electron chi connectivity index (χ4n) is 2.39. The average molecular weight is 341 g/mol. The second-order valence-corrected chi connectivity index (χ2v) is 5.69. The van der Waals surface area contributed by atoms with Gasteiger partial charge in [-0.3, -0.25) is 9.78 Å². The Morgan fingerprint density at radius 1 is 1.24 bits per heavy atom. The van der Waals surface area contributed by atoms with Crippen LogP contribution in [0.3, 0.4) is 0 Å². The Kier molecular flexibility index (Phi) is 4.56. The van der Waals surface area contributed by atoms with Crippen molar-refractivity contribution >= 4 is 22.6 Å². The highest BCUT2D eigenvalue weighted by molar-refractivity contribution is 5.92. The Labute approximate surface area is 144 Å². The molecule has 3 aromatic rings. The summed E-state index contributed by atoms with van der Waals surface area (Å²) in [6, 6.07) is 7.32. The van der Waals surface area contributed by atoms with Gasteiger partial charge in [0.2, 0.25) is 0 Å². The fourth-order valence-corrected chi connectivity index (χ4v) is 2.39. The zero-order chi connectivity index (χ0) is 18.0. The highest BCUT2D eigenvalue weighted by Crippen LogP contribution is 2.29. The van der Waals surface area contributed by atoms with Gasteiger partial charge in [0.1, 0.15) is 17.3 Å². The molecule has 3 rings (SSSR count). The van der Waals surface area contributed by atoms with E-state index in [1.807, 2.05) is 32.0 Å². The third-order valence-corrected chi connectivity index (χ3v) is 3.88. The minimum Gasteiger partial charge on any atom is -0.497 e. The van der Waals surface area contributed by atoms with Crippen LogP contribution < -0.4 is 14.8 Å². The highest BCUT2D eigenvalue weighted by atomic mass is 16.5. The van der Waals surface area contributed by atoms with Gasteiger partial charge in [0.25, 0.3) is 5.91 Å². The number of methoxy groups -OCH3 is 1. The smallest absolute Gasteiger partial charge is 0.263 e. The molecule has 7 heteroatoms. The number of benzene rings is 1. The number of amides is 1. The van der Waals surface area contributed by atoms with E-state index in [1.165, 1.54) is 0 Å². The van der Waals surface area contributed by atoms with Gasteiger partial charge >= 0.3 is 0 Å². The Morgan fingerprint density at radius 3 is 2.72 bits per heavy atom. The molecule has 0 radical (unpaired) electrons. The van der Waals surface area contributed by atoms with Crippen LogP contribution in [0, 0.1) is 20.8 Å². The number of aromatic nitrogens is 2. The molecule has 0 atom stereocenters. The van der Waals surface area contributed by atoms with Gasteiger partial charge < -0.3 is 19.3 Å². The first-order valence-corrected chi connectivity index (χ1v) is 7.79. The molecule has 1 N–H and O–H groups in total. The summed E-state index contributed by atoms with van der Waals surface area (Å²) >= 11 is 0. The van der Waals surface area contributed by atoms with E-state index >= 15 is 0 Å². The molecule has 2 aromatic heterocycles. The number of hydrogen-bond acceptors (Lipinski definition) is 6. The third kappa shape index (κ3) is 3.55. The minimum absolute atomic E-state index is 0.152. The van der Waals surface area contributed by atoms with E-state index in [2.05, 4.69) is 15.5 Å². The predicted octanol–water partition coefficient (Wildman–Crippen LogP) is 3.17. The van der Waals surface area contributed by atoms with E-state index in [9.17, 15) is 4.79 Å². The Balaban J connectivity index is 1.78. The van der Waals surface area contributed by atoms with Crippen molar-refractivity contribution in [3.8, 4) is 11.5 Å². The van der Waals surface area contributed by atoms with Gasteiger partial charge in [-0.2, -0.15) is 0 Å². The number of nitrogens with one attached hydrogen (secondary N) is 1. The maximum atomic E-state index is 12.1. The minimum atomic E-state index is -0.318. The molecule has 0 aliphatic carbocycles. The standard InChI is InChI=1S/C18H19N3O4/c1-10-7-16(14-8-13(23-4)5-6-15(14)19-10)24-9-17(22)20-18-11(2)12(3)25-21-18/h5-8H,9H2,1-4H3,(H,20,21,22). The molecule has 0 unspecified atom stereocenters. The summed E-state index contributed by atoms with van der Waals surface area (Å²) in [6.07, 6.45) is 0. The SMILES string of the molecule is COc1ccc2nc(C)cc(OCC(=O)Nc3noc(C)c3C)c2c1. The van der Waals surface area contributed by atoms with Crippen molar-refractivity contribution in [2.75, 3.05) is 19.0 Å². The van der Waals surface area contributed by atoms with E-state index in [1.54, 1.807) is 20.1 Å². The number of fused-ring (bicyclic) bond motifs is 1. The molecule has 0 fully saturated rings. The van der Waals surface area contributed by atoms with Gasteiger partial charge in [-0.05, 0) is 39.0 Å². The first-order valence-electron chi connectivity index (χ1n) is 7.79. The van der Waals surface area contributed by atoms with Crippen LogP contribution in [0.15, 0.2) is 28.8 Å². The number of ether oxygens (including phenoxy) is 2. The van der Waals surface area contributed by atoms with Crippen molar-refractivity contribution in [1.82, 2.24) is 10.1 Å². The maximum absolute atomic E-state index is 12.1. The van der Waals surface area contributed by atoms with Crippen LogP contribution in [0.1, 0.15) is 17.0 Å². The molecule has 1 amide bonds. The number of anilines is 1. The summed E-state index contributed by atoms with van der Waals surface area (Å²) in [5, 5.41) is 7.27. The van der Waals surface area contributed by atoms with Gasteiger partial charge in [-0.1, -0.05) is 5.16 Å². The van der Waals surface area contributed by atoms with Crippen LogP contribution in [0.4, 0.5) is 5.82 Å². The number of rotatable bonds is 5. The summed E-state index contributed by atoms with van der Waals surface area (Å²) in [5.74, 6) is 2.02. The van der Waals surface area contributed by atoms with Gasteiger partial charge in [0.05, 0.1) is 12.6 Å². The number of carbonyl (C=O) groups excluding carboxylic acids is 1. The molecule has 0 aliphatic heterocycles. The zero-order valence-electron chi connectivity index (χ0n) is 14.5. The quantitative estimate of drug-likeness (QED) is 0.767. The summed E-state index contributed by atoms with van der Waals surface area (Å²) < 4.78 is 16.0. The molecule has 0 spiro atoms. The van der Waals surface area contributed by atoms with E-state index in [0.29, 0.717) is 23.1 Å². The number of nitrogens with zero attached hydrogens (tertiary/aromatic N) is 2. The lowest BCUT2D eigenvalue weighted by molar-refractivity contribution is -0.118. The largest absolute Gasteiger partial charge is 0.497 e. The lowest BCUT2D eigenvalue weighted by Crippen LogP contribution is -2.21. The first kappa shape index (κ1) is 16.8. The van der Waals surface area contributed by atoms with Crippen molar-refractivity contribution in [2.24, 2.45) is 0 Å². The fraction of sp³-hybridized carbons (Fsp3) is 0.278. The van der Waals surface area contributed by atoms with Crippen LogP contribution in [-0.2, 0) is 4.79 Å². The van der Waals surface area contributed by atoms with Crippen molar-refractivity contribution < 1.29 is 18.8 Å². The zero-order valence-corrected chi connectivity index (χ0v) is 14.5. The van der Waals surface area contributed by atoms with E-state index < -0.39 is 0 Å². The second-order valence-electron chi connectivity index (χ2n) is 5.69. The topological polar surface area (TPSA) is 86.5 Å². The second kappa shape index (κ2) is 6.80. The van der Waals surface area contributed by atoms with Gasteiger partial charge in [0, 0.05) is 22.7 Å². The Bertz CT molecular complexity index is 933. The Hall–Kier alpha value is -3.09. The first-order chi connectivity index (χ1) is 12.0. The van der Waals surface area contributed by atoms with E-state index in [-0.39, 0.29) is 12.5 Å². The molecule has 2 heterocycles. The summed E-state index contributed by atoms with van der Waals surface area (Å²) in [6.45, 7) is 5.33. The summed E-state index contributed by atoms with van der Waals surface area (Å²) in [4.78, 5) is 16.6. The molecule has 130 valence electrons. The van der Waals surface area contributed by atoms with Crippen molar-refractivity contribution in [1.29, 1.82) is 0 Å². The number of aryl methyl sites for hydroxylation is 2. The van der Waals surface area contributed by atoms with Crippen LogP contribution >= 0.6 is 0 Å². The van der Waals surface area contributed by atoms with Crippen LogP contribution in [0.5, 0.6) is 11.5 Å². The normalized spacial score (nSPS) is 10.7. The number of pyridine rings is 1. The van der Waals surface area contributed by atoms with Gasteiger partial charge in [-0.25, -0.2) is 0 Å². The van der Waals surface area contributed by atoms with Crippen molar-refractivity contribution in [2.45, 2.75) is 20.8 Å². The van der Waals surface area contributed by atoms with Crippen molar-refractivity contribution in [3.63, 3.8) is 0 Å². The van der Waals surface area contributed by atoms with Crippen LogP contribution in [0.2, 0.25) is 0 Å². The molecule has 0 saturated carbocycles. The predicted molar refractivity (Wildman–Crippen MR) is 93.1 cm³/mol. The molecular weight excluding hydrogens is 322 g/mol. The highest BCUT2D eigenvalue weighted by Gasteiger charge is 2.13. The van der Waals surface area contributed by atoms with Crippen molar-refractivity contribution in [3.05, 3.63) is 41.3 Å². The monoisotopic (exact) mass is 341 g/mol. The number of hydrogen-bond donors (Lipinski definition) is 1. The van der Waals surface area contributed by atoms with Crippen LogP contribution in [-0.4, -0.2) is 29.8 Å². The lowest BCUT2D eigenvalue weighted by Gasteiger charge is -2.11. The van der Waals surface area contributed by atoms with Crippen LogP contribution in [0.25, 0.3) is 10.9 Å². The molecule has 1 aromatic carbocycles. The molecule has 0 bridgehead atoms. The van der Waals surface area contributed by atoms with E-state index in [4.69, 9.17) is 14.0 Å². The summed E-state index contributed by atoms with van der Waals surface area (Å²) in [5.41, 5.74) is 2.37. The average Bonchev–Trinajstić information content (AvgIpc) is 2.91. The Morgan fingerprint density at radius 2 is 2.04 bits per heavy atom. The molecule has 0 aliphatic rings. The number of carbonyl (C=O) groups is 1. The molecule has 7 nitrogen and oxygen atoms in total.